The number of carboxylic acid groups (broad SMARTS) is 1. The molecule has 0 unspecified atom stereocenters. The molecule has 1 amide bonds. The van der Waals surface area contributed by atoms with E-state index in [1.165, 1.54) is 4.90 Å². The molecule has 0 aromatic heterocycles. The maximum atomic E-state index is 12.2. The number of aliphatic hydroxyl groups excluding tert-OH is 1. The maximum Gasteiger partial charge on any atom is 0.326 e. The second kappa shape index (κ2) is 4.64. The number of likely N-dealkylation sites (tertiary alicyclic amines) is 1. The topological polar surface area (TPSA) is 77.8 Å². The van der Waals surface area contributed by atoms with E-state index in [0.717, 1.165) is 0 Å². The number of hydrogen-bond acceptors (Lipinski definition) is 3. The molecule has 1 rings (SSSR count). The molecule has 3 atom stereocenters. The molecule has 5 nitrogen and oxygen atoms in total. The molecule has 0 spiro atoms. The molecule has 1 fully saturated rings. The Morgan fingerprint density at radius 1 is 1.35 bits per heavy atom. The Bertz CT molecular complexity index is 321. The van der Waals surface area contributed by atoms with Gasteiger partial charge < -0.3 is 15.1 Å². The molecule has 0 aromatic carbocycles. The Kier molecular flexibility index (Phi) is 3.81. The minimum atomic E-state index is -1.05. The Balaban J connectivity index is 2.84. The highest BCUT2D eigenvalue weighted by Crippen LogP contribution is 2.30. The van der Waals surface area contributed by atoms with Gasteiger partial charge >= 0.3 is 5.97 Å². The summed E-state index contributed by atoms with van der Waals surface area (Å²) in [5, 5.41) is 18.5. The van der Waals surface area contributed by atoms with Crippen molar-refractivity contribution in [1.82, 2.24) is 4.90 Å². The zero-order valence-electron chi connectivity index (χ0n) is 10.8. The van der Waals surface area contributed by atoms with Crippen LogP contribution in [0, 0.1) is 11.3 Å². The molecule has 5 heteroatoms. The van der Waals surface area contributed by atoms with Gasteiger partial charge in [0, 0.05) is 18.9 Å². The number of aliphatic hydroxyl groups is 1. The lowest BCUT2D eigenvalue weighted by molar-refractivity contribution is -0.151. The Morgan fingerprint density at radius 3 is 2.29 bits per heavy atom. The molecule has 0 radical (unpaired) electrons. The van der Waals surface area contributed by atoms with Crippen molar-refractivity contribution >= 4 is 11.9 Å². The third-order valence-electron chi connectivity index (χ3n) is 3.52. The van der Waals surface area contributed by atoms with Crippen molar-refractivity contribution in [3.8, 4) is 0 Å². The number of carboxylic acids is 1. The average Bonchev–Trinajstić information content (AvgIpc) is 2.56. The number of hydrogen-bond donors (Lipinski definition) is 2. The van der Waals surface area contributed by atoms with Gasteiger partial charge in [0.2, 0.25) is 5.91 Å². The first-order valence-corrected chi connectivity index (χ1v) is 5.86. The van der Waals surface area contributed by atoms with Crippen LogP contribution in [-0.4, -0.2) is 45.7 Å². The Hall–Kier alpha value is -1.10. The lowest BCUT2D eigenvalue weighted by Gasteiger charge is -2.31. The lowest BCUT2D eigenvalue weighted by Crippen LogP contribution is -2.45. The van der Waals surface area contributed by atoms with E-state index in [-0.39, 0.29) is 30.2 Å². The van der Waals surface area contributed by atoms with Crippen molar-refractivity contribution in [3.63, 3.8) is 0 Å². The van der Waals surface area contributed by atoms with Crippen molar-refractivity contribution in [2.24, 2.45) is 11.3 Å². The van der Waals surface area contributed by atoms with Crippen molar-refractivity contribution in [3.05, 3.63) is 0 Å². The molecule has 0 aromatic rings. The maximum absolute atomic E-state index is 12.2. The van der Waals surface area contributed by atoms with Gasteiger partial charge in [-0.15, -0.1) is 0 Å². The van der Waals surface area contributed by atoms with Crippen LogP contribution >= 0.6 is 0 Å². The summed E-state index contributed by atoms with van der Waals surface area (Å²) in [5.74, 6) is -1.51. The normalized spacial score (nSPS) is 27.0. The Morgan fingerprint density at radius 2 is 1.88 bits per heavy atom. The molecule has 1 aliphatic heterocycles. The smallest absolute Gasteiger partial charge is 0.326 e. The van der Waals surface area contributed by atoms with E-state index in [9.17, 15) is 14.7 Å². The predicted molar refractivity (Wildman–Crippen MR) is 62.4 cm³/mol. The van der Waals surface area contributed by atoms with Gasteiger partial charge in [-0.3, -0.25) is 4.79 Å². The first-order valence-electron chi connectivity index (χ1n) is 5.86. The molecule has 1 saturated heterocycles. The summed E-state index contributed by atoms with van der Waals surface area (Å²) in [6.45, 7) is 7.75. The third-order valence-corrected chi connectivity index (χ3v) is 3.52. The average molecular weight is 243 g/mol. The van der Waals surface area contributed by atoms with Gasteiger partial charge in [0.05, 0.1) is 6.10 Å². The number of β-amino-alcohol motifs (C(OH)–C–C–N with tert-alkyl or cyclic N) is 1. The standard InChI is InChI=1S/C12H21NO4/c1-7(12(2,3)4)10(15)13-6-8(14)5-9(13)11(16)17/h7-9,14H,5-6H2,1-4H3,(H,16,17)/t7-,8-,9+/m1/s1. The van der Waals surface area contributed by atoms with Crippen LogP contribution in [0.2, 0.25) is 0 Å². The van der Waals surface area contributed by atoms with Crippen molar-refractivity contribution in [2.45, 2.75) is 46.3 Å². The van der Waals surface area contributed by atoms with Crippen LogP contribution in [0.1, 0.15) is 34.1 Å². The Labute approximate surface area is 101 Å². The summed E-state index contributed by atoms with van der Waals surface area (Å²) in [6, 6.07) is -0.887. The van der Waals surface area contributed by atoms with Gasteiger partial charge in [0.15, 0.2) is 0 Å². The number of amides is 1. The molecule has 0 bridgehead atoms. The predicted octanol–water partition coefficient (Wildman–Crippen LogP) is 0.715. The van der Waals surface area contributed by atoms with Crippen LogP contribution in [-0.2, 0) is 9.59 Å². The lowest BCUT2D eigenvalue weighted by atomic mass is 9.81. The fraction of sp³-hybridized carbons (Fsp3) is 0.833. The van der Waals surface area contributed by atoms with E-state index < -0.39 is 18.1 Å². The SMILES string of the molecule is C[C@H](C(=O)N1C[C@H](O)C[C@H]1C(=O)O)C(C)(C)C. The summed E-state index contributed by atoms with van der Waals surface area (Å²) in [7, 11) is 0. The van der Waals surface area contributed by atoms with E-state index in [1.54, 1.807) is 6.92 Å². The molecule has 17 heavy (non-hydrogen) atoms. The number of carbonyl (C=O) groups excluding carboxylic acids is 1. The van der Waals surface area contributed by atoms with E-state index in [1.807, 2.05) is 20.8 Å². The molecule has 0 saturated carbocycles. The van der Waals surface area contributed by atoms with Gasteiger partial charge in [-0.1, -0.05) is 27.7 Å². The van der Waals surface area contributed by atoms with E-state index in [2.05, 4.69) is 0 Å². The van der Waals surface area contributed by atoms with Crippen LogP contribution in [0.15, 0.2) is 0 Å². The number of carbonyl (C=O) groups is 2. The molecular formula is C12H21NO4. The molecule has 98 valence electrons. The highest BCUT2D eigenvalue weighted by Gasteiger charge is 2.42. The van der Waals surface area contributed by atoms with Gasteiger partial charge in [0.25, 0.3) is 0 Å². The molecular weight excluding hydrogens is 222 g/mol. The second-order valence-electron chi connectivity index (χ2n) is 5.82. The molecule has 1 aliphatic rings. The van der Waals surface area contributed by atoms with Crippen LogP contribution in [0.3, 0.4) is 0 Å². The first kappa shape index (κ1) is 14.0. The number of rotatable bonds is 2. The summed E-state index contributed by atoms with van der Waals surface area (Å²) >= 11 is 0. The summed E-state index contributed by atoms with van der Waals surface area (Å²) in [6.07, 6.45) is -0.606. The fourth-order valence-electron chi connectivity index (χ4n) is 1.91. The monoisotopic (exact) mass is 243 g/mol. The van der Waals surface area contributed by atoms with E-state index in [4.69, 9.17) is 5.11 Å². The summed E-state index contributed by atoms with van der Waals surface area (Å²) in [5.41, 5.74) is -0.215. The quantitative estimate of drug-likeness (QED) is 0.749. The number of nitrogens with zero attached hydrogens (tertiary/aromatic N) is 1. The second-order valence-corrected chi connectivity index (χ2v) is 5.82. The largest absolute Gasteiger partial charge is 0.480 e. The summed E-state index contributed by atoms with van der Waals surface area (Å²) in [4.78, 5) is 24.5. The summed E-state index contributed by atoms with van der Waals surface area (Å²) < 4.78 is 0. The van der Waals surface area contributed by atoms with E-state index >= 15 is 0 Å². The molecule has 0 aliphatic carbocycles. The third kappa shape index (κ3) is 2.97. The van der Waals surface area contributed by atoms with E-state index in [0.29, 0.717) is 0 Å². The van der Waals surface area contributed by atoms with Crippen LogP contribution in [0.5, 0.6) is 0 Å². The number of aliphatic carboxylic acids is 1. The van der Waals surface area contributed by atoms with Crippen LogP contribution in [0.4, 0.5) is 0 Å². The van der Waals surface area contributed by atoms with Gasteiger partial charge in [-0.25, -0.2) is 4.79 Å². The zero-order chi connectivity index (χ0) is 13.4. The highest BCUT2D eigenvalue weighted by atomic mass is 16.4. The zero-order valence-corrected chi connectivity index (χ0v) is 10.8. The van der Waals surface area contributed by atoms with Gasteiger partial charge in [0.1, 0.15) is 6.04 Å². The molecule has 1 heterocycles. The van der Waals surface area contributed by atoms with Gasteiger partial charge in [-0.2, -0.15) is 0 Å². The minimum absolute atomic E-state index is 0.121. The first-order chi connectivity index (χ1) is 7.64. The minimum Gasteiger partial charge on any atom is -0.480 e. The van der Waals surface area contributed by atoms with Crippen molar-refractivity contribution in [1.29, 1.82) is 0 Å². The van der Waals surface area contributed by atoms with Crippen molar-refractivity contribution < 1.29 is 19.8 Å². The van der Waals surface area contributed by atoms with Gasteiger partial charge in [-0.05, 0) is 5.41 Å². The molecule has 2 N–H and O–H groups in total. The van der Waals surface area contributed by atoms with Crippen LogP contribution < -0.4 is 0 Å². The van der Waals surface area contributed by atoms with Crippen LogP contribution in [0.25, 0.3) is 0 Å². The highest BCUT2D eigenvalue weighted by molar-refractivity contribution is 5.86. The van der Waals surface area contributed by atoms with Crippen molar-refractivity contribution in [2.75, 3.05) is 6.54 Å². The fourth-order valence-corrected chi connectivity index (χ4v) is 1.91.